The number of hydrogen-bond acceptors (Lipinski definition) is 2. The van der Waals surface area contributed by atoms with E-state index in [1.807, 2.05) is 0 Å². The zero-order valence-corrected chi connectivity index (χ0v) is 12.3. The van der Waals surface area contributed by atoms with E-state index in [2.05, 4.69) is 21.2 Å². The van der Waals surface area contributed by atoms with Crippen molar-refractivity contribution in [2.45, 2.75) is 13.0 Å². The summed E-state index contributed by atoms with van der Waals surface area (Å²) in [6.07, 6.45) is 0. The maximum atomic E-state index is 13.6. The molecule has 0 fully saturated rings. The Morgan fingerprint density at radius 2 is 2.11 bits per heavy atom. The molecule has 0 aliphatic carbocycles. The van der Waals surface area contributed by atoms with Crippen molar-refractivity contribution in [1.29, 1.82) is 0 Å². The highest BCUT2D eigenvalue weighted by Gasteiger charge is 2.17. The quantitative estimate of drug-likeness (QED) is 0.883. The highest BCUT2D eigenvalue weighted by atomic mass is 79.9. The molecule has 0 aliphatic heterocycles. The van der Waals surface area contributed by atoms with Gasteiger partial charge in [-0.15, -0.1) is 11.3 Å². The highest BCUT2D eigenvalue weighted by molar-refractivity contribution is 9.10. The number of amides is 1. The van der Waals surface area contributed by atoms with Crippen molar-refractivity contribution in [2.75, 3.05) is 0 Å². The average molecular weight is 346 g/mol. The summed E-state index contributed by atoms with van der Waals surface area (Å²) in [7, 11) is 0. The van der Waals surface area contributed by atoms with Gasteiger partial charge in [0, 0.05) is 10.0 Å². The molecule has 0 bridgehead atoms. The summed E-state index contributed by atoms with van der Waals surface area (Å²) in [5, 5.41) is 4.41. The zero-order chi connectivity index (χ0) is 14.0. The molecule has 1 unspecified atom stereocenters. The maximum absolute atomic E-state index is 13.6. The molecular weight excluding hydrogens is 336 g/mol. The van der Waals surface area contributed by atoms with E-state index in [4.69, 9.17) is 0 Å². The minimum atomic E-state index is -0.614. The lowest BCUT2D eigenvalue weighted by Crippen LogP contribution is -2.26. The third kappa shape index (κ3) is 3.19. The molecule has 2 aromatic rings. The topological polar surface area (TPSA) is 29.1 Å². The molecule has 1 N–H and O–H groups in total. The van der Waals surface area contributed by atoms with Gasteiger partial charge in [-0.25, -0.2) is 8.78 Å². The van der Waals surface area contributed by atoms with Gasteiger partial charge in [-0.1, -0.05) is 0 Å². The van der Waals surface area contributed by atoms with Gasteiger partial charge in [-0.3, -0.25) is 4.79 Å². The van der Waals surface area contributed by atoms with E-state index >= 15 is 0 Å². The van der Waals surface area contributed by atoms with Crippen LogP contribution in [0.3, 0.4) is 0 Å². The average Bonchev–Trinajstić information content (AvgIpc) is 2.78. The van der Waals surface area contributed by atoms with E-state index < -0.39 is 17.7 Å². The van der Waals surface area contributed by atoms with Crippen LogP contribution in [-0.2, 0) is 0 Å². The first-order valence-electron chi connectivity index (χ1n) is 5.48. The first-order chi connectivity index (χ1) is 8.99. The van der Waals surface area contributed by atoms with E-state index in [1.165, 1.54) is 11.3 Å². The van der Waals surface area contributed by atoms with Crippen LogP contribution in [0.2, 0.25) is 0 Å². The summed E-state index contributed by atoms with van der Waals surface area (Å²) in [5.74, 6) is -1.40. The Morgan fingerprint density at radius 1 is 1.37 bits per heavy atom. The highest BCUT2D eigenvalue weighted by Crippen LogP contribution is 2.24. The Morgan fingerprint density at radius 3 is 2.74 bits per heavy atom. The molecule has 0 aliphatic rings. The zero-order valence-electron chi connectivity index (χ0n) is 9.91. The summed E-state index contributed by atoms with van der Waals surface area (Å²) in [6.45, 7) is 1.61. The molecule has 6 heteroatoms. The van der Waals surface area contributed by atoms with Crippen molar-refractivity contribution in [3.05, 3.63) is 56.2 Å². The molecule has 2 nitrogen and oxygen atoms in total. The third-order valence-electron chi connectivity index (χ3n) is 2.60. The van der Waals surface area contributed by atoms with E-state index in [1.54, 1.807) is 18.4 Å². The van der Waals surface area contributed by atoms with Crippen LogP contribution in [0.1, 0.15) is 28.2 Å². The second-order valence-electron chi connectivity index (χ2n) is 3.96. The fourth-order valence-electron chi connectivity index (χ4n) is 1.64. The van der Waals surface area contributed by atoms with Crippen LogP contribution in [0.4, 0.5) is 8.78 Å². The van der Waals surface area contributed by atoms with Crippen molar-refractivity contribution >= 4 is 33.2 Å². The Bertz CT molecular complexity index is 614. The maximum Gasteiger partial charge on any atom is 0.262 e. The van der Waals surface area contributed by atoms with Crippen molar-refractivity contribution in [3.63, 3.8) is 0 Å². The van der Waals surface area contributed by atoms with Gasteiger partial charge in [0.25, 0.3) is 5.91 Å². The molecule has 1 atom stereocenters. The lowest BCUT2D eigenvalue weighted by Gasteiger charge is -2.14. The second kappa shape index (κ2) is 5.79. The van der Waals surface area contributed by atoms with E-state index in [-0.39, 0.29) is 11.5 Å². The normalized spacial score (nSPS) is 12.2. The number of nitrogens with one attached hydrogen (secondary N) is 1. The largest absolute Gasteiger partial charge is 0.345 e. The number of benzene rings is 1. The van der Waals surface area contributed by atoms with Crippen LogP contribution in [0.5, 0.6) is 0 Å². The molecule has 1 aromatic heterocycles. The number of halogens is 3. The number of carbonyl (C=O) groups is 1. The van der Waals surface area contributed by atoms with E-state index in [9.17, 15) is 13.6 Å². The fourth-order valence-corrected chi connectivity index (χ4v) is 3.10. The number of thiophene rings is 1. The lowest BCUT2D eigenvalue weighted by atomic mass is 10.1. The van der Waals surface area contributed by atoms with Crippen LogP contribution in [0.25, 0.3) is 0 Å². The van der Waals surface area contributed by atoms with Crippen molar-refractivity contribution in [1.82, 2.24) is 5.32 Å². The van der Waals surface area contributed by atoms with E-state index in [0.29, 0.717) is 9.35 Å². The van der Waals surface area contributed by atoms with Crippen LogP contribution in [0.15, 0.2) is 34.1 Å². The van der Waals surface area contributed by atoms with Gasteiger partial charge in [0.05, 0.1) is 6.04 Å². The number of hydrogen-bond donors (Lipinski definition) is 1. The van der Waals surface area contributed by atoms with Crippen LogP contribution < -0.4 is 5.32 Å². The van der Waals surface area contributed by atoms with Crippen LogP contribution >= 0.6 is 27.3 Å². The summed E-state index contributed by atoms with van der Waals surface area (Å²) < 4.78 is 27.3. The molecule has 19 heavy (non-hydrogen) atoms. The van der Waals surface area contributed by atoms with Crippen molar-refractivity contribution in [2.24, 2.45) is 0 Å². The number of carbonyl (C=O) groups excluding carboxylic acids is 1. The molecule has 100 valence electrons. The summed E-state index contributed by atoms with van der Waals surface area (Å²) in [6, 6.07) is 4.33. The predicted molar refractivity (Wildman–Crippen MR) is 74.3 cm³/mol. The van der Waals surface area contributed by atoms with Crippen molar-refractivity contribution in [3.8, 4) is 0 Å². The van der Waals surface area contributed by atoms with Crippen LogP contribution in [-0.4, -0.2) is 5.91 Å². The molecule has 1 amide bonds. The second-order valence-corrected chi connectivity index (χ2v) is 5.73. The third-order valence-corrected chi connectivity index (χ3v) is 4.43. The minimum absolute atomic E-state index is 0.126. The lowest BCUT2D eigenvalue weighted by molar-refractivity contribution is 0.0942. The predicted octanol–water partition coefficient (Wildman–Crippen LogP) is 4.28. The Hall–Kier alpha value is -1.27. The Labute approximate surface area is 121 Å². The van der Waals surface area contributed by atoms with Gasteiger partial charge in [0.1, 0.15) is 16.5 Å². The monoisotopic (exact) mass is 345 g/mol. The first kappa shape index (κ1) is 14.1. The van der Waals surface area contributed by atoms with Gasteiger partial charge in [-0.05, 0) is 52.5 Å². The fraction of sp³-hybridized carbons (Fsp3) is 0.154. The summed E-state index contributed by atoms with van der Waals surface area (Å²) in [5.41, 5.74) is 0.126. The number of rotatable bonds is 3. The Kier molecular flexibility index (Phi) is 4.31. The van der Waals surface area contributed by atoms with Gasteiger partial charge >= 0.3 is 0 Å². The van der Waals surface area contributed by atoms with E-state index in [0.717, 1.165) is 18.2 Å². The molecular formula is C13H10BrF2NOS. The summed E-state index contributed by atoms with van der Waals surface area (Å²) >= 11 is 4.53. The van der Waals surface area contributed by atoms with Gasteiger partial charge in [-0.2, -0.15) is 0 Å². The standard InChI is InChI=1S/C13H10BrF2NOS/c1-7(9-6-8(15)2-3-11(9)16)17-13(18)12-10(14)4-5-19-12/h2-7H,1H3,(H,17,18). The molecule has 0 saturated carbocycles. The molecule has 1 heterocycles. The smallest absolute Gasteiger partial charge is 0.262 e. The molecule has 1 aromatic carbocycles. The molecule has 0 saturated heterocycles. The van der Waals surface area contributed by atoms with Crippen LogP contribution in [0, 0.1) is 11.6 Å². The molecule has 0 radical (unpaired) electrons. The Balaban J connectivity index is 2.17. The SMILES string of the molecule is CC(NC(=O)c1sccc1Br)c1cc(F)ccc1F. The van der Waals surface area contributed by atoms with Gasteiger partial charge < -0.3 is 5.32 Å². The first-order valence-corrected chi connectivity index (χ1v) is 7.15. The molecule has 0 spiro atoms. The minimum Gasteiger partial charge on any atom is -0.345 e. The van der Waals surface area contributed by atoms with Gasteiger partial charge in [0.15, 0.2) is 0 Å². The van der Waals surface area contributed by atoms with Crippen molar-refractivity contribution < 1.29 is 13.6 Å². The van der Waals surface area contributed by atoms with Gasteiger partial charge in [0.2, 0.25) is 0 Å². The summed E-state index contributed by atoms with van der Waals surface area (Å²) in [4.78, 5) is 12.5. The molecule has 2 rings (SSSR count).